The summed E-state index contributed by atoms with van der Waals surface area (Å²) in [5.41, 5.74) is 0.0664. The Balaban J connectivity index is 4.62. The van der Waals surface area contributed by atoms with Gasteiger partial charge in [0.2, 0.25) is 0 Å². The maximum atomic E-state index is 4.60. The molecule has 0 aromatic rings. The largest absolute Gasteiger partial charge is 0.292 e. The van der Waals surface area contributed by atoms with E-state index in [-0.39, 0.29) is 5.54 Å². The SMILES string of the molecule is CC(C)(C)N=CC(C)(C)[Si](C)(C)C. The van der Waals surface area contributed by atoms with Gasteiger partial charge in [-0.3, -0.25) is 4.99 Å². The van der Waals surface area contributed by atoms with Crippen molar-refractivity contribution in [2.75, 3.05) is 0 Å². The monoisotopic (exact) mass is 199 g/mol. The van der Waals surface area contributed by atoms with E-state index in [1.807, 2.05) is 0 Å². The maximum Gasteiger partial charge on any atom is 0.0561 e. The maximum absolute atomic E-state index is 4.60. The highest BCUT2D eigenvalue weighted by atomic mass is 28.3. The van der Waals surface area contributed by atoms with Crippen LogP contribution in [-0.4, -0.2) is 19.8 Å². The molecule has 0 aliphatic heterocycles. The van der Waals surface area contributed by atoms with Crippen molar-refractivity contribution in [3.8, 4) is 0 Å². The van der Waals surface area contributed by atoms with E-state index in [4.69, 9.17) is 0 Å². The Hall–Kier alpha value is -0.113. The van der Waals surface area contributed by atoms with Crippen molar-refractivity contribution >= 4 is 14.3 Å². The topological polar surface area (TPSA) is 12.4 Å². The Morgan fingerprint density at radius 1 is 0.923 bits per heavy atom. The van der Waals surface area contributed by atoms with Crippen molar-refractivity contribution < 1.29 is 0 Å². The smallest absolute Gasteiger partial charge is 0.0561 e. The Labute approximate surface area is 84.7 Å². The van der Waals surface area contributed by atoms with Gasteiger partial charge >= 0.3 is 0 Å². The fourth-order valence-electron chi connectivity index (χ4n) is 0.549. The Bertz CT molecular complexity index is 191. The molecular formula is C11H25NSi. The third-order valence-corrected chi connectivity index (χ3v) is 6.70. The van der Waals surface area contributed by atoms with Crippen molar-refractivity contribution in [3.63, 3.8) is 0 Å². The molecule has 0 N–H and O–H groups in total. The summed E-state index contributed by atoms with van der Waals surface area (Å²) >= 11 is 0. The van der Waals surface area contributed by atoms with Crippen LogP contribution >= 0.6 is 0 Å². The van der Waals surface area contributed by atoms with Crippen LogP contribution in [0.2, 0.25) is 24.7 Å². The fraction of sp³-hybridized carbons (Fsp3) is 0.909. The van der Waals surface area contributed by atoms with Crippen molar-refractivity contribution in [2.45, 2.75) is 64.8 Å². The van der Waals surface area contributed by atoms with E-state index in [1.165, 1.54) is 0 Å². The second-order valence-electron chi connectivity index (χ2n) is 6.40. The third-order valence-electron chi connectivity index (χ3n) is 2.71. The third kappa shape index (κ3) is 4.60. The van der Waals surface area contributed by atoms with Gasteiger partial charge in [-0.25, -0.2) is 0 Å². The van der Waals surface area contributed by atoms with Crippen LogP contribution in [0.1, 0.15) is 34.6 Å². The summed E-state index contributed by atoms with van der Waals surface area (Å²) in [4.78, 5) is 4.60. The molecule has 0 fully saturated rings. The number of aliphatic imine (C=N–C) groups is 1. The molecule has 0 aliphatic carbocycles. The average molecular weight is 199 g/mol. The van der Waals surface area contributed by atoms with Gasteiger partial charge in [0.25, 0.3) is 0 Å². The second-order valence-corrected chi connectivity index (χ2v) is 12.2. The summed E-state index contributed by atoms with van der Waals surface area (Å²) in [5, 5.41) is 0.292. The molecule has 1 nitrogen and oxygen atoms in total. The molecule has 0 atom stereocenters. The lowest BCUT2D eigenvalue weighted by molar-refractivity contribution is 0.581. The highest BCUT2D eigenvalue weighted by Gasteiger charge is 2.33. The molecule has 0 saturated heterocycles. The van der Waals surface area contributed by atoms with Gasteiger partial charge in [0, 0.05) is 6.21 Å². The normalized spacial score (nSPS) is 15.4. The molecule has 0 heterocycles. The van der Waals surface area contributed by atoms with Crippen LogP contribution in [0.3, 0.4) is 0 Å². The zero-order valence-electron chi connectivity index (χ0n) is 10.5. The molecular weight excluding hydrogens is 174 g/mol. The number of rotatable bonds is 2. The molecule has 13 heavy (non-hydrogen) atoms. The summed E-state index contributed by atoms with van der Waals surface area (Å²) in [6, 6.07) is 0. The molecule has 0 aromatic heterocycles. The van der Waals surface area contributed by atoms with Gasteiger partial charge in [-0.15, -0.1) is 0 Å². The summed E-state index contributed by atoms with van der Waals surface area (Å²) in [6.45, 7) is 18.2. The van der Waals surface area contributed by atoms with Crippen molar-refractivity contribution in [1.82, 2.24) is 0 Å². The van der Waals surface area contributed by atoms with Crippen LogP contribution in [0.15, 0.2) is 4.99 Å². The lowest BCUT2D eigenvalue weighted by atomic mass is 10.1. The first-order valence-electron chi connectivity index (χ1n) is 5.02. The molecule has 0 unspecified atom stereocenters. The molecule has 0 bridgehead atoms. The van der Waals surface area contributed by atoms with Gasteiger partial charge in [0.1, 0.15) is 0 Å². The van der Waals surface area contributed by atoms with E-state index in [2.05, 4.69) is 65.5 Å². The zero-order chi connectivity index (χ0) is 10.9. The van der Waals surface area contributed by atoms with Crippen molar-refractivity contribution in [3.05, 3.63) is 0 Å². The number of hydrogen-bond acceptors (Lipinski definition) is 1. The lowest BCUT2D eigenvalue weighted by Gasteiger charge is -2.34. The lowest BCUT2D eigenvalue weighted by Crippen LogP contribution is -2.36. The molecule has 78 valence electrons. The van der Waals surface area contributed by atoms with Crippen molar-refractivity contribution in [2.24, 2.45) is 4.99 Å². The molecule has 0 aliphatic rings. The summed E-state index contributed by atoms with van der Waals surface area (Å²) < 4.78 is 0. The average Bonchev–Trinajstić information content (AvgIpc) is 1.79. The molecule has 0 rings (SSSR count). The molecule has 0 amide bonds. The summed E-state index contributed by atoms with van der Waals surface area (Å²) in [6.07, 6.45) is 2.17. The number of hydrogen-bond donors (Lipinski definition) is 0. The highest BCUT2D eigenvalue weighted by Crippen LogP contribution is 2.34. The zero-order valence-corrected chi connectivity index (χ0v) is 11.5. The van der Waals surface area contributed by atoms with Crippen molar-refractivity contribution in [1.29, 1.82) is 0 Å². The Morgan fingerprint density at radius 3 is 1.54 bits per heavy atom. The quantitative estimate of drug-likeness (QED) is 0.471. The van der Waals surface area contributed by atoms with Gasteiger partial charge in [-0.1, -0.05) is 33.5 Å². The predicted molar refractivity (Wildman–Crippen MR) is 65.6 cm³/mol. The second kappa shape index (κ2) is 3.56. The predicted octanol–water partition coefficient (Wildman–Crippen LogP) is 3.97. The summed E-state index contributed by atoms with van der Waals surface area (Å²) in [7, 11) is -1.13. The first-order chi connectivity index (χ1) is 5.46. The van der Waals surface area contributed by atoms with Gasteiger partial charge in [-0.2, -0.15) is 0 Å². The first kappa shape index (κ1) is 12.9. The fourth-order valence-corrected chi connectivity index (χ4v) is 1.00. The van der Waals surface area contributed by atoms with Gasteiger partial charge in [0.05, 0.1) is 13.6 Å². The van der Waals surface area contributed by atoms with Crippen LogP contribution in [0.25, 0.3) is 0 Å². The van der Waals surface area contributed by atoms with Crippen LogP contribution < -0.4 is 0 Å². The van der Waals surface area contributed by atoms with E-state index >= 15 is 0 Å². The van der Waals surface area contributed by atoms with Crippen LogP contribution in [0.5, 0.6) is 0 Å². The Kier molecular flexibility index (Phi) is 3.53. The van der Waals surface area contributed by atoms with E-state index < -0.39 is 8.07 Å². The molecule has 0 radical (unpaired) electrons. The van der Waals surface area contributed by atoms with Crippen LogP contribution in [0, 0.1) is 0 Å². The van der Waals surface area contributed by atoms with Crippen LogP contribution in [0.4, 0.5) is 0 Å². The standard InChI is InChI=1S/C11H25NSi/c1-10(2,3)12-9-11(4,5)13(6,7)8/h9H,1-8H3. The first-order valence-corrected chi connectivity index (χ1v) is 8.52. The van der Waals surface area contributed by atoms with E-state index in [9.17, 15) is 0 Å². The van der Waals surface area contributed by atoms with Gasteiger partial charge in [0.15, 0.2) is 0 Å². The van der Waals surface area contributed by atoms with E-state index in [1.54, 1.807) is 0 Å². The highest BCUT2D eigenvalue weighted by molar-refractivity contribution is 6.81. The molecule has 0 spiro atoms. The van der Waals surface area contributed by atoms with E-state index in [0.29, 0.717) is 5.04 Å². The molecule has 0 saturated carbocycles. The Morgan fingerprint density at radius 2 is 1.31 bits per heavy atom. The molecule has 0 aromatic carbocycles. The van der Waals surface area contributed by atoms with Gasteiger partial charge in [-0.05, 0) is 25.8 Å². The summed E-state index contributed by atoms with van der Waals surface area (Å²) in [5.74, 6) is 0. The van der Waals surface area contributed by atoms with Gasteiger partial charge < -0.3 is 0 Å². The minimum absolute atomic E-state index is 0.0664. The van der Waals surface area contributed by atoms with Crippen LogP contribution in [-0.2, 0) is 0 Å². The molecule has 2 heteroatoms. The minimum Gasteiger partial charge on any atom is -0.292 e. The van der Waals surface area contributed by atoms with E-state index in [0.717, 1.165) is 0 Å². The number of nitrogens with zero attached hydrogens (tertiary/aromatic N) is 1. The minimum atomic E-state index is -1.13.